The van der Waals surface area contributed by atoms with Crippen LogP contribution in [-0.4, -0.2) is 25.5 Å². The number of aromatic nitrogens is 4. The number of hydrogen-bond acceptors (Lipinski definition) is 3. The zero-order valence-corrected chi connectivity index (χ0v) is 11.5. The van der Waals surface area contributed by atoms with Crippen molar-refractivity contribution < 1.29 is 4.79 Å². The monoisotopic (exact) mass is 261 g/mol. The van der Waals surface area contributed by atoms with E-state index in [2.05, 4.69) is 15.5 Å². The molecular formula is C13H19N5O. The molecule has 0 saturated heterocycles. The summed E-state index contributed by atoms with van der Waals surface area (Å²) in [6, 6.07) is 3.72. The standard InChI is InChI=1S/C13H19N5O/c1-4-18-11(3)8-12(16-18)15-13(19)10(2)9-17-7-5-6-14-17/h5-8,10H,4,9H2,1-3H3,(H,15,16,19)/t10-/m0/s1. The van der Waals surface area contributed by atoms with Gasteiger partial charge in [-0.2, -0.15) is 10.2 Å². The minimum Gasteiger partial charge on any atom is -0.309 e. The molecule has 102 valence electrons. The summed E-state index contributed by atoms with van der Waals surface area (Å²) in [6.07, 6.45) is 3.55. The van der Waals surface area contributed by atoms with Crippen LogP contribution >= 0.6 is 0 Å². The predicted molar refractivity (Wildman–Crippen MR) is 72.7 cm³/mol. The van der Waals surface area contributed by atoms with Gasteiger partial charge < -0.3 is 5.32 Å². The molecule has 0 spiro atoms. The van der Waals surface area contributed by atoms with Crippen molar-refractivity contribution >= 4 is 11.7 Å². The molecule has 2 rings (SSSR count). The maximum absolute atomic E-state index is 12.0. The van der Waals surface area contributed by atoms with Gasteiger partial charge in [0.2, 0.25) is 5.91 Å². The van der Waals surface area contributed by atoms with Crippen LogP contribution in [0.5, 0.6) is 0 Å². The van der Waals surface area contributed by atoms with Crippen LogP contribution in [0.1, 0.15) is 19.5 Å². The molecular weight excluding hydrogens is 242 g/mol. The van der Waals surface area contributed by atoms with Crippen LogP contribution in [0.4, 0.5) is 5.82 Å². The normalized spacial score (nSPS) is 12.4. The van der Waals surface area contributed by atoms with Crippen LogP contribution in [0.2, 0.25) is 0 Å². The lowest BCUT2D eigenvalue weighted by atomic mass is 10.1. The van der Waals surface area contributed by atoms with Gasteiger partial charge in [-0.15, -0.1) is 0 Å². The van der Waals surface area contributed by atoms with Gasteiger partial charge >= 0.3 is 0 Å². The summed E-state index contributed by atoms with van der Waals surface area (Å²) < 4.78 is 3.61. The predicted octanol–water partition coefficient (Wildman–Crippen LogP) is 1.68. The topological polar surface area (TPSA) is 64.7 Å². The second-order valence-corrected chi connectivity index (χ2v) is 4.61. The quantitative estimate of drug-likeness (QED) is 0.890. The second-order valence-electron chi connectivity index (χ2n) is 4.61. The Balaban J connectivity index is 1.96. The fourth-order valence-corrected chi connectivity index (χ4v) is 1.91. The first-order valence-corrected chi connectivity index (χ1v) is 6.43. The fraction of sp³-hybridized carbons (Fsp3) is 0.462. The van der Waals surface area contributed by atoms with E-state index in [1.165, 1.54) is 0 Å². The number of rotatable bonds is 5. The van der Waals surface area contributed by atoms with Crippen molar-refractivity contribution in [3.8, 4) is 0 Å². The van der Waals surface area contributed by atoms with Gasteiger partial charge in [0.1, 0.15) is 0 Å². The van der Waals surface area contributed by atoms with Crippen LogP contribution < -0.4 is 5.32 Å². The molecule has 0 fully saturated rings. The van der Waals surface area contributed by atoms with E-state index in [-0.39, 0.29) is 11.8 Å². The number of anilines is 1. The minimum absolute atomic E-state index is 0.0451. The fourth-order valence-electron chi connectivity index (χ4n) is 1.91. The first-order valence-electron chi connectivity index (χ1n) is 6.43. The van der Waals surface area contributed by atoms with Gasteiger partial charge in [-0.25, -0.2) is 0 Å². The van der Waals surface area contributed by atoms with Crippen molar-refractivity contribution in [1.29, 1.82) is 0 Å². The van der Waals surface area contributed by atoms with Crippen LogP contribution in [0.25, 0.3) is 0 Å². The average molecular weight is 261 g/mol. The molecule has 0 aromatic carbocycles. The van der Waals surface area contributed by atoms with Crippen molar-refractivity contribution in [3.63, 3.8) is 0 Å². The third kappa shape index (κ3) is 3.21. The first kappa shape index (κ1) is 13.3. The number of hydrogen-bond donors (Lipinski definition) is 1. The molecule has 1 N–H and O–H groups in total. The summed E-state index contributed by atoms with van der Waals surface area (Å²) in [5, 5.41) is 11.2. The van der Waals surface area contributed by atoms with E-state index in [9.17, 15) is 4.79 Å². The molecule has 1 atom stereocenters. The van der Waals surface area contributed by atoms with E-state index in [4.69, 9.17) is 0 Å². The Morgan fingerprint density at radius 3 is 2.89 bits per heavy atom. The van der Waals surface area contributed by atoms with Crippen molar-refractivity contribution in [3.05, 3.63) is 30.2 Å². The van der Waals surface area contributed by atoms with Gasteiger partial charge in [-0.05, 0) is 19.9 Å². The number of nitrogens with one attached hydrogen (secondary N) is 1. The van der Waals surface area contributed by atoms with Crippen molar-refractivity contribution in [2.24, 2.45) is 5.92 Å². The summed E-state index contributed by atoms with van der Waals surface area (Å²) >= 11 is 0. The molecule has 0 radical (unpaired) electrons. The molecule has 6 nitrogen and oxygen atoms in total. The summed E-state index contributed by atoms with van der Waals surface area (Å²) in [4.78, 5) is 12.0. The second kappa shape index (κ2) is 5.69. The molecule has 0 aliphatic heterocycles. The van der Waals surface area contributed by atoms with Crippen molar-refractivity contribution in [1.82, 2.24) is 19.6 Å². The highest BCUT2D eigenvalue weighted by Gasteiger charge is 2.15. The Morgan fingerprint density at radius 1 is 1.53 bits per heavy atom. The number of amides is 1. The zero-order chi connectivity index (χ0) is 13.8. The van der Waals surface area contributed by atoms with Crippen molar-refractivity contribution in [2.45, 2.75) is 33.9 Å². The first-order chi connectivity index (χ1) is 9.10. The van der Waals surface area contributed by atoms with Crippen LogP contribution in [-0.2, 0) is 17.9 Å². The summed E-state index contributed by atoms with van der Waals surface area (Å²) in [7, 11) is 0. The average Bonchev–Trinajstić information content (AvgIpc) is 2.98. The van der Waals surface area contributed by atoms with E-state index in [1.54, 1.807) is 10.9 Å². The molecule has 0 bridgehead atoms. The van der Waals surface area contributed by atoms with E-state index in [0.29, 0.717) is 12.4 Å². The van der Waals surface area contributed by atoms with Gasteiger partial charge in [0, 0.05) is 30.7 Å². The Bertz CT molecular complexity index is 543. The van der Waals surface area contributed by atoms with Crippen LogP contribution in [0.15, 0.2) is 24.5 Å². The van der Waals surface area contributed by atoms with Gasteiger partial charge in [-0.3, -0.25) is 14.2 Å². The summed E-state index contributed by atoms with van der Waals surface area (Å²) in [5.41, 5.74) is 1.04. The zero-order valence-electron chi connectivity index (χ0n) is 11.5. The van der Waals surface area contributed by atoms with Gasteiger partial charge in [0.25, 0.3) is 0 Å². The number of nitrogens with zero attached hydrogens (tertiary/aromatic N) is 4. The van der Waals surface area contributed by atoms with Gasteiger partial charge in [0.05, 0.1) is 12.5 Å². The molecule has 1 amide bonds. The number of aryl methyl sites for hydroxylation is 2. The van der Waals surface area contributed by atoms with E-state index in [0.717, 1.165) is 12.2 Å². The molecule has 0 saturated carbocycles. The van der Waals surface area contributed by atoms with E-state index in [1.807, 2.05) is 43.8 Å². The highest BCUT2D eigenvalue weighted by molar-refractivity contribution is 5.91. The lowest BCUT2D eigenvalue weighted by molar-refractivity contribution is -0.119. The summed E-state index contributed by atoms with van der Waals surface area (Å²) in [6.45, 7) is 7.22. The highest BCUT2D eigenvalue weighted by atomic mass is 16.2. The molecule has 6 heteroatoms. The maximum atomic E-state index is 12.0. The molecule has 2 aromatic heterocycles. The SMILES string of the molecule is CCn1nc(NC(=O)[C@@H](C)Cn2cccn2)cc1C. The third-order valence-electron chi connectivity index (χ3n) is 3.00. The Hall–Kier alpha value is -2.11. The van der Waals surface area contributed by atoms with Crippen LogP contribution in [0.3, 0.4) is 0 Å². The summed E-state index contributed by atoms with van der Waals surface area (Å²) in [5.74, 6) is 0.403. The molecule has 0 aliphatic rings. The Labute approximate surface area is 112 Å². The largest absolute Gasteiger partial charge is 0.309 e. The molecule has 0 unspecified atom stereocenters. The van der Waals surface area contributed by atoms with Crippen LogP contribution in [0, 0.1) is 12.8 Å². The van der Waals surface area contributed by atoms with E-state index >= 15 is 0 Å². The molecule has 19 heavy (non-hydrogen) atoms. The third-order valence-corrected chi connectivity index (χ3v) is 3.00. The van der Waals surface area contributed by atoms with E-state index < -0.39 is 0 Å². The highest BCUT2D eigenvalue weighted by Crippen LogP contribution is 2.10. The lowest BCUT2D eigenvalue weighted by Gasteiger charge is -2.10. The Kier molecular flexibility index (Phi) is 3.99. The minimum atomic E-state index is -0.160. The van der Waals surface area contributed by atoms with Crippen molar-refractivity contribution in [2.75, 3.05) is 5.32 Å². The maximum Gasteiger partial charge on any atom is 0.230 e. The van der Waals surface area contributed by atoms with Gasteiger partial charge in [-0.1, -0.05) is 6.92 Å². The molecule has 2 aromatic rings. The Morgan fingerprint density at radius 2 is 2.32 bits per heavy atom. The lowest BCUT2D eigenvalue weighted by Crippen LogP contribution is -2.24. The molecule has 2 heterocycles. The number of carbonyl (C=O) groups excluding carboxylic acids is 1. The van der Waals surface area contributed by atoms with Gasteiger partial charge in [0.15, 0.2) is 5.82 Å². The number of carbonyl (C=O) groups is 1. The molecule has 0 aliphatic carbocycles. The smallest absolute Gasteiger partial charge is 0.230 e.